The molecular formula is C29H40N2O5. The van der Waals surface area contributed by atoms with Crippen molar-refractivity contribution < 1.29 is 24.6 Å². The zero-order valence-electron chi connectivity index (χ0n) is 21.4. The van der Waals surface area contributed by atoms with Gasteiger partial charge in [0.25, 0.3) is 5.91 Å². The molecule has 4 fully saturated rings. The molecule has 5 rings (SSSR count). The largest absolute Gasteiger partial charge is 0.507 e. The molecule has 1 unspecified atom stereocenters. The van der Waals surface area contributed by atoms with Crippen LogP contribution in [0.3, 0.4) is 0 Å². The van der Waals surface area contributed by atoms with E-state index in [-0.39, 0.29) is 35.0 Å². The highest BCUT2D eigenvalue weighted by atomic mass is 16.3. The smallest absolute Gasteiger partial charge is 0.259 e. The van der Waals surface area contributed by atoms with Gasteiger partial charge in [-0.05, 0) is 98.0 Å². The molecule has 2 amide bonds. The number of ketones is 1. The van der Waals surface area contributed by atoms with Gasteiger partial charge in [-0.15, -0.1) is 0 Å². The number of hydrogen-bond acceptors (Lipinski definition) is 5. The quantitative estimate of drug-likeness (QED) is 0.416. The van der Waals surface area contributed by atoms with E-state index < -0.39 is 23.8 Å². The van der Waals surface area contributed by atoms with Gasteiger partial charge in [0, 0.05) is 6.54 Å². The highest BCUT2D eigenvalue weighted by Gasteiger charge is 2.57. The van der Waals surface area contributed by atoms with Crippen LogP contribution < -0.4 is 10.6 Å². The summed E-state index contributed by atoms with van der Waals surface area (Å²) in [6, 6.07) is -0.680. The molecule has 2 heterocycles. The highest BCUT2D eigenvalue weighted by molar-refractivity contribution is 6.27. The molecule has 7 heteroatoms. The molecule has 0 aromatic heterocycles. The van der Waals surface area contributed by atoms with Crippen molar-refractivity contribution in [2.45, 2.75) is 70.9 Å². The van der Waals surface area contributed by atoms with Crippen molar-refractivity contribution in [1.29, 1.82) is 0 Å². The predicted molar refractivity (Wildman–Crippen MR) is 135 cm³/mol. The third-order valence-electron chi connectivity index (χ3n) is 10.1. The standard InChI is InChI=1S/C29H40N2O5/c1-3-16-12-18-13-20-19-6-4-8-24(34)30-11-5-7-21-28(35)27(29(36)31-21)22(32)10-9-17(19)14-23(33)26(20)25(18)15(16)2/h4,8-10,15-21,23,25-26,32-33H,3,5-7,11-14H2,1-2H3,(H,30,34)(H,31,36)/t15-,16?,17+,18+,19-,20+,21+,23-,25+,26-/m1/s1. The van der Waals surface area contributed by atoms with Crippen LogP contribution in [0.4, 0.5) is 0 Å². The van der Waals surface area contributed by atoms with E-state index in [1.54, 1.807) is 6.08 Å². The van der Waals surface area contributed by atoms with Gasteiger partial charge in [0.15, 0.2) is 5.78 Å². The number of amides is 2. The Hall–Kier alpha value is -2.41. The number of rotatable bonds is 1. The number of hydrogen-bond donors (Lipinski definition) is 4. The van der Waals surface area contributed by atoms with Gasteiger partial charge in [-0.1, -0.05) is 32.4 Å². The topological polar surface area (TPSA) is 116 Å². The number of carbonyl (C=O) groups is 3. The molecule has 2 aliphatic heterocycles. The lowest BCUT2D eigenvalue weighted by molar-refractivity contribution is -0.118. The van der Waals surface area contributed by atoms with Crippen LogP contribution in [-0.4, -0.2) is 46.5 Å². The molecule has 5 aliphatic rings. The van der Waals surface area contributed by atoms with Crippen LogP contribution in [0.15, 0.2) is 35.6 Å². The first-order valence-electron chi connectivity index (χ1n) is 13.9. The van der Waals surface area contributed by atoms with Gasteiger partial charge in [-0.25, -0.2) is 0 Å². The average molecular weight is 497 g/mol. The van der Waals surface area contributed by atoms with Gasteiger partial charge in [-0.2, -0.15) is 0 Å². The molecule has 36 heavy (non-hydrogen) atoms. The van der Waals surface area contributed by atoms with Crippen molar-refractivity contribution in [1.82, 2.24) is 10.6 Å². The van der Waals surface area contributed by atoms with Crippen molar-refractivity contribution in [3.05, 3.63) is 35.6 Å². The van der Waals surface area contributed by atoms with Crippen LogP contribution in [0.2, 0.25) is 0 Å². The Morgan fingerprint density at radius 3 is 2.64 bits per heavy atom. The summed E-state index contributed by atoms with van der Waals surface area (Å²) in [5, 5.41) is 27.6. The molecule has 3 saturated carbocycles. The van der Waals surface area contributed by atoms with Crippen molar-refractivity contribution >= 4 is 17.6 Å². The molecule has 7 nitrogen and oxygen atoms in total. The van der Waals surface area contributed by atoms with Crippen LogP contribution in [0.25, 0.3) is 0 Å². The van der Waals surface area contributed by atoms with E-state index in [4.69, 9.17) is 0 Å². The molecule has 10 atom stereocenters. The Bertz CT molecular complexity index is 1000. The van der Waals surface area contributed by atoms with Crippen LogP contribution in [0.1, 0.15) is 58.8 Å². The third-order valence-corrected chi connectivity index (χ3v) is 10.1. The fourth-order valence-electron chi connectivity index (χ4n) is 8.49. The maximum Gasteiger partial charge on any atom is 0.259 e. The summed E-state index contributed by atoms with van der Waals surface area (Å²) in [6.07, 6.45) is 12.3. The molecule has 0 aromatic rings. The summed E-state index contributed by atoms with van der Waals surface area (Å²) >= 11 is 0. The summed E-state index contributed by atoms with van der Waals surface area (Å²) in [6.45, 7) is 5.05. The molecular weight excluding hydrogens is 456 g/mol. The lowest BCUT2D eigenvalue weighted by atomic mass is 9.62. The van der Waals surface area contributed by atoms with Crippen LogP contribution in [-0.2, 0) is 14.4 Å². The maximum atomic E-state index is 12.8. The zero-order valence-corrected chi connectivity index (χ0v) is 21.4. The second-order valence-corrected chi connectivity index (χ2v) is 11.8. The first-order chi connectivity index (χ1) is 17.3. The van der Waals surface area contributed by atoms with Crippen LogP contribution >= 0.6 is 0 Å². The molecule has 3 aliphatic carbocycles. The van der Waals surface area contributed by atoms with Gasteiger partial charge >= 0.3 is 0 Å². The second-order valence-electron chi connectivity index (χ2n) is 11.8. The van der Waals surface area contributed by atoms with Gasteiger partial charge in [0.1, 0.15) is 11.3 Å². The van der Waals surface area contributed by atoms with E-state index in [0.717, 1.165) is 18.8 Å². The number of fused-ring (bicyclic) bond motifs is 7. The number of Topliss-reactive ketones (excluding diaryl/α,β-unsaturated/α-hetero) is 1. The zero-order chi connectivity index (χ0) is 25.6. The fraction of sp³-hybridized carbons (Fsp3) is 0.690. The van der Waals surface area contributed by atoms with Gasteiger partial charge in [0.2, 0.25) is 5.91 Å². The molecule has 1 saturated heterocycles. The maximum absolute atomic E-state index is 12.8. The van der Waals surface area contributed by atoms with Crippen LogP contribution in [0, 0.1) is 47.3 Å². The Morgan fingerprint density at radius 1 is 1.06 bits per heavy atom. The van der Waals surface area contributed by atoms with E-state index in [0.29, 0.717) is 49.5 Å². The van der Waals surface area contributed by atoms with Gasteiger partial charge < -0.3 is 20.8 Å². The number of carbonyl (C=O) groups excluding carboxylic acids is 3. The lowest BCUT2D eigenvalue weighted by Gasteiger charge is -2.44. The summed E-state index contributed by atoms with van der Waals surface area (Å²) in [5.41, 5.74) is -0.187. The summed E-state index contributed by atoms with van der Waals surface area (Å²) in [4.78, 5) is 37.6. The van der Waals surface area contributed by atoms with Gasteiger partial charge in [-0.3, -0.25) is 14.4 Å². The first kappa shape index (κ1) is 25.2. The monoisotopic (exact) mass is 496 g/mol. The van der Waals surface area contributed by atoms with E-state index in [9.17, 15) is 24.6 Å². The Morgan fingerprint density at radius 2 is 1.86 bits per heavy atom. The van der Waals surface area contributed by atoms with Crippen LogP contribution in [0.5, 0.6) is 0 Å². The molecule has 0 radical (unpaired) electrons. The summed E-state index contributed by atoms with van der Waals surface area (Å²) in [7, 11) is 0. The van der Waals surface area contributed by atoms with E-state index in [2.05, 4.69) is 24.5 Å². The number of aliphatic hydroxyl groups is 2. The van der Waals surface area contributed by atoms with Crippen molar-refractivity contribution in [2.24, 2.45) is 47.3 Å². The Balaban J connectivity index is 1.46. The Labute approximate surface area is 213 Å². The molecule has 4 N–H and O–H groups in total. The predicted octanol–water partition coefficient (Wildman–Crippen LogP) is 3.21. The minimum Gasteiger partial charge on any atom is -0.507 e. The molecule has 0 aromatic carbocycles. The lowest BCUT2D eigenvalue weighted by Crippen LogP contribution is -2.43. The number of aliphatic hydroxyl groups excluding tert-OH is 2. The third kappa shape index (κ3) is 4.44. The van der Waals surface area contributed by atoms with Crippen molar-refractivity contribution in [2.75, 3.05) is 6.54 Å². The first-order valence-corrected chi connectivity index (χ1v) is 13.9. The second kappa shape index (κ2) is 10.2. The minimum atomic E-state index is -0.680. The highest BCUT2D eigenvalue weighted by Crippen LogP contribution is 2.62. The molecule has 0 spiro atoms. The summed E-state index contributed by atoms with van der Waals surface area (Å²) in [5.74, 6) is 1.94. The van der Waals surface area contributed by atoms with E-state index in [1.807, 2.05) is 12.2 Å². The normalized spacial score (nSPS) is 43.1. The van der Waals surface area contributed by atoms with Crippen molar-refractivity contribution in [3.8, 4) is 0 Å². The SMILES string of the molecule is CCC1C[C@H]2C[C@H]3[C@@H]4CC=CC(=O)NCCC[C@@H]5NC(=O)C(=C(O)C=C[C@H]4C[C@@H](O)[C@@H]3[C@H]2[C@@H]1C)C5=O. The number of allylic oxidation sites excluding steroid dienone is 3. The van der Waals surface area contributed by atoms with Gasteiger partial charge in [0.05, 0.1) is 12.1 Å². The van der Waals surface area contributed by atoms with E-state index >= 15 is 0 Å². The summed E-state index contributed by atoms with van der Waals surface area (Å²) < 4.78 is 0. The minimum absolute atomic E-state index is 0.0175. The fourth-order valence-corrected chi connectivity index (χ4v) is 8.49. The average Bonchev–Trinajstić information content (AvgIpc) is 3.46. The molecule has 2 bridgehead atoms. The van der Waals surface area contributed by atoms with Crippen molar-refractivity contribution in [3.63, 3.8) is 0 Å². The number of nitrogens with one attached hydrogen (secondary N) is 2. The Kier molecular flexibility index (Phi) is 7.12. The molecule has 196 valence electrons. The van der Waals surface area contributed by atoms with E-state index in [1.165, 1.54) is 18.9 Å².